The van der Waals surface area contributed by atoms with Crippen LogP contribution in [0.15, 0.2) is 30.3 Å². The van der Waals surface area contributed by atoms with Crippen LogP contribution >= 0.6 is 12.6 Å². The zero-order valence-corrected chi connectivity index (χ0v) is 20.5. The summed E-state index contributed by atoms with van der Waals surface area (Å²) in [5, 5.41) is 6.04. The molecule has 1 saturated carbocycles. The highest BCUT2D eigenvalue weighted by Crippen LogP contribution is 2.28. The molecule has 32 heavy (non-hydrogen) atoms. The summed E-state index contributed by atoms with van der Waals surface area (Å²) >= 11 is 4.06. The summed E-state index contributed by atoms with van der Waals surface area (Å²) in [5.41, 5.74) is 1.17. The second-order valence-corrected chi connectivity index (χ2v) is 9.87. The van der Waals surface area contributed by atoms with Crippen LogP contribution in [0.25, 0.3) is 0 Å². The Labute approximate surface area is 198 Å². The lowest BCUT2D eigenvalue weighted by Crippen LogP contribution is -2.50. The molecule has 0 heterocycles. The average Bonchev–Trinajstić information content (AvgIpc) is 2.79. The lowest BCUT2D eigenvalue weighted by Gasteiger charge is -2.28. The van der Waals surface area contributed by atoms with Crippen molar-refractivity contribution < 1.29 is 14.4 Å². The van der Waals surface area contributed by atoms with Crippen LogP contribution in [-0.4, -0.2) is 35.9 Å². The van der Waals surface area contributed by atoms with E-state index in [1.165, 1.54) is 24.8 Å². The largest absolute Gasteiger partial charge is 0.354 e. The molecule has 0 saturated heterocycles. The molecule has 0 aliphatic heterocycles. The van der Waals surface area contributed by atoms with E-state index in [4.69, 9.17) is 0 Å². The molecule has 2 rings (SSSR count). The van der Waals surface area contributed by atoms with Crippen LogP contribution in [0.4, 0.5) is 0 Å². The molecule has 2 atom stereocenters. The molecular formula is C26H40N2O3S. The summed E-state index contributed by atoms with van der Waals surface area (Å²) < 4.78 is 0. The molecule has 1 aromatic rings. The molecule has 1 unspecified atom stereocenters. The Bertz CT molecular complexity index is 717. The van der Waals surface area contributed by atoms with Crippen LogP contribution in [0.5, 0.6) is 0 Å². The monoisotopic (exact) mass is 460 g/mol. The Kier molecular flexibility index (Phi) is 11.9. The molecule has 0 aromatic heterocycles. The van der Waals surface area contributed by atoms with Gasteiger partial charge in [-0.25, -0.2) is 0 Å². The molecule has 6 heteroatoms. The molecule has 1 aliphatic carbocycles. The molecule has 0 spiro atoms. The first-order valence-electron chi connectivity index (χ1n) is 12.1. The molecule has 1 aliphatic rings. The zero-order valence-electron chi connectivity index (χ0n) is 19.6. The van der Waals surface area contributed by atoms with E-state index in [0.29, 0.717) is 25.3 Å². The van der Waals surface area contributed by atoms with E-state index in [0.717, 1.165) is 19.3 Å². The van der Waals surface area contributed by atoms with Gasteiger partial charge >= 0.3 is 0 Å². The quantitative estimate of drug-likeness (QED) is 0.383. The van der Waals surface area contributed by atoms with Crippen LogP contribution in [0.1, 0.15) is 70.8 Å². The Balaban J connectivity index is 2.01. The second-order valence-electron chi connectivity index (χ2n) is 9.55. The topological polar surface area (TPSA) is 75.3 Å². The Hall–Kier alpha value is -1.82. The third kappa shape index (κ3) is 9.76. The number of amides is 2. The third-order valence-corrected chi connectivity index (χ3v) is 6.61. The summed E-state index contributed by atoms with van der Waals surface area (Å²) in [7, 11) is 0. The second kappa shape index (κ2) is 14.4. The van der Waals surface area contributed by atoms with Crippen LogP contribution in [0, 0.1) is 17.8 Å². The smallest absolute Gasteiger partial charge is 0.242 e. The first kappa shape index (κ1) is 26.4. The first-order valence-corrected chi connectivity index (χ1v) is 12.8. The van der Waals surface area contributed by atoms with Crippen LogP contribution in [0.3, 0.4) is 0 Å². The van der Waals surface area contributed by atoms with Crippen molar-refractivity contribution in [2.24, 2.45) is 17.8 Å². The maximum absolute atomic E-state index is 13.1. The number of hydrogen-bond donors (Lipinski definition) is 3. The fourth-order valence-corrected chi connectivity index (χ4v) is 4.70. The minimum absolute atomic E-state index is 0.0368. The maximum Gasteiger partial charge on any atom is 0.242 e. The molecule has 2 N–H and O–H groups in total. The number of carbonyl (C=O) groups is 3. The van der Waals surface area contributed by atoms with Crippen molar-refractivity contribution in [3.05, 3.63) is 35.9 Å². The number of ketones is 1. The first-order chi connectivity index (χ1) is 15.4. The third-order valence-electron chi connectivity index (χ3n) is 6.26. The summed E-state index contributed by atoms with van der Waals surface area (Å²) in [6.45, 7) is 4.62. The van der Waals surface area contributed by atoms with E-state index in [9.17, 15) is 14.4 Å². The van der Waals surface area contributed by atoms with Gasteiger partial charge in [0.25, 0.3) is 0 Å². The van der Waals surface area contributed by atoms with Gasteiger partial charge in [-0.15, -0.1) is 0 Å². The minimum atomic E-state index is -0.554. The molecule has 178 valence electrons. The number of hydrogen-bond acceptors (Lipinski definition) is 4. The number of thiol groups is 1. The lowest BCUT2D eigenvalue weighted by atomic mass is 9.84. The average molecular weight is 461 g/mol. The van der Waals surface area contributed by atoms with Crippen molar-refractivity contribution in [2.75, 3.05) is 12.3 Å². The number of rotatable bonds is 13. The number of Topliss-reactive ketones (excluding diaryl/α,β-unsaturated/α-hetero) is 1. The van der Waals surface area contributed by atoms with Gasteiger partial charge < -0.3 is 10.6 Å². The SMILES string of the molecule is CC(C)CC(CC(=O)CS)C(=O)N[C@@H](CC1CCCCC1)C(=O)NCCc1ccccc1. The standard InChI is InChI=1S/C26H40N2O3S/c1-19(2)15-22(17-23(29)18-32)25(30)28-24(16-21-11-7-4-8-12-21)26(31)27-14-13-20-9-5-3-6-10-20/h3,5-6,9-10,19,21-22,24,32H,4,7-8,11-18H2,1-2H3,(H,27,31)(H,28,30)/t22?,24-/m0/s1. The van der Waals surface area contributed by atoms with Gasteiger partial charge in [-0.1, -0.05) is 76.3 Å². The van der Waals surface area contributed by atoms with Crippen LogP contribution in [-0.2, 0) is 20.8 Å². The maximum atomic E-state index is 13.1. The van der Waals surface area contributed by atoms with Crippen LogP contribution in [0.2, 0.25) is 0 Å². The molecule has 5 nitrogen and oxygen atoms in total. The van der Waals surface area contributed by atoms with Crippen molar-refractivity contribution in [3.8, 4) is 0 Å². The van der Waals surface area contributed by atoms with Crippen molar-refractivity contribution in [3.63, 3.8) is 0 Å². The minimum Gasteiger partial charge on any atom is -0.354 e. The summed E-state index contributed by atoms with van der Waals surface area (Å²) in [6, 6.07) is 9.49. The fourth-order valence-electron chi connectivity index (χ4n) is 4.57. The predicted molar refractivity (Wildman–Crippen MR) is 133 cm³/mol. The highest BCUT2D eigenvalue weighted by molar-refractivity contribution is 7.81. The van der Waals surface area contributed by atoms with Crippen molar-refractivity contribution >= 4 is 30.2 Å². The summed E-state index contributed by atoms with van der Waals surface area (Å²) in [4.78, 5) is 38.2. The van der Waals surface area contributed by atoms with Crippen molar-refractivity contribution in [2.45, 2.75) is 77.7 Å². The molecular weight excluding hydrogens is 420 g/mol. The molecule has 0 bridgehead atoms. The zero-order chi connectivity index (χ0) is 23.3. The Morgan fingerprint density at radius 1 is 1.03 bits per heavy atom. The van der Waals surface area contributed by atoms with Gasteiger partial charge in [0.2, 0.25) is 11.8 Å². The lowest BCUT2D eigenvalue weighted by molar-refractivity contribution is -0.133. The van der Waals surface area contributed by atoms with Crippen LogP contribution < -0.4 is 10.6 Å². The van der Waals surface area contributed by atoms with Crippen molar-refractivity contribution in [1.29, 1.82) is 0 Å². The van der Waals surface area contributed by atoms with Gasteiger partial charge in [-0.05, 0) is 36.7 Å². The van der Waals surface area contributed by atoms with E-state index >= 15 is 0 Å². The summed E-state index contributed by atoms with van der Waals surface area (Å²) in [6.07, 6.45) is 8.06. The fraction of sp³-hybridized carbons (Fsp3) is 0.654. The van der Waals surface area contributed by atoms with Gasteiger partial charge in [0.05, 0.1) is 0 Å². The predicted octanol–water partition coefficient (Wildman–Crippen LogP) is 4.35. The summed E-state index contributed by atoms with van der Waals surface area (Å²) in [5.74, 6) is 0.113. The van der Waals surface area contributed by atoms with Gasteiger partial charge in [0.15, 0.2) is 0 Å². The van der Waals surface area contributed by atoms with Gasteiger partial charge in [-0.2, -0.15) is 12.6 Å². The van der Waals surface area contributed by atoms with E-state index in [1.54, 1.807) is 0 Å². The molecule has 1 aromatic carbocycles. The number of carbonyl (C=O) groups excluding carboxylic acids is 3. The van der Waals surface area contributed by atoms with E-state index < -0.39 is 12.0 Å². The Morgan fingerprint density at radius 2 is 1.72 bits per heavy atom. The Morgan fingerprint density at radius 3 is 2.34 bits per heavy atom. The van der Waals surface area contributed by atoms with E-state index in [2.05, 4.69) is 23.3 Å². The van der Waals surface area contributed by atoms with Gasteiger partial charge in [0.1, 0.15) is 11.8 Å². The number of benzene rings is 1. The highest BCUT2D eigenvalue weighted by atomic mass is 32.1. The highest BCUT2D eigenvalue weighted by Gasteiger charge is 2.29. The molecule has 2 amide bonds. The van der Waals surface area contributed by atoms with E-state index in [1.807, 2.05) is 44.2 Å². The van der Waals surface area contributed by atoms with Gasteiger partial charge in [0, 0.05) is 24.6 Å². The molecule has 1 fully saturated rings. The van der Waals surface area contributed by atoms with Crippen molar-refractivity contribution in [1.82, 2.24) is 10.6 Å². The number of nitrogens with one attached hydrogen (secondary N) is 2. The van der Waals surface area contributed by atoms with E-state index in [-0.39, 0.29) is 35.7 Å². The molecule has 0 radical (unpaired) electrons. The van der Waals surface area contributed by atoms with Gasteiger partial charge in [-0.3, -0.25) is 14.4 Å². The normalized spacial score (nSPS) is 16.4.